The van der Waals surface area contributed by atoms with Gasteiger partial charge in [-0.25, -0.2) is 0 Å². The number of aliphatic imine (C=N–C) groups is 1. The zero-order valence-electron chi connectivity index (χ0n) is 13.2. The molecule has 0 radical (unpaired) electrons. The molecule has 0 aliphatic heterocycles. The van der Waals surface area contributed by atoms with E-state index in [1.54, 1.807) is 0 Å². The third-order valence-electron chi connectivity index (χ3n) is 2.89. The number of rotatable bonds is 12. The number of hydrogen-bond donors (Lipinski definition) is 2. The molecule has 20 heavy (non-hydrogen) atoms. The van der Waals surface area contributed by atoms with Crippen LogP contribution in [0.3, 0.4) is 0 Å². The Morgan fingerprint density at radius 1 is 0.950 bits per heavy atom. The molecular weight excluding hydrogens is 273 g/mol. The van der Waals surface area contributed by atoms with E-state index in [9.17, 15) is 0 Å². The van der Waals surface area contributed by atoms with Crippen molar-refractivity contribution in [2.45, 2.75) is 71.1 Å². The van der Waals surface area contributed by atoms with Crippen molar-refractivity contribution in [3.63, 3.8) is 0 Å². The highest BCUT2D eigenvalue weighted by molar-refractivity contribution is 7.17. The van der Waals surface area contributed by atoms with Crippen LogP contribution in [0, 0.1) is 0 Å². The summed E-state index contributed by atoms with van der Waals surface area (Å²) in [4.78, 5) is 3.96. The van der Waals surface area contributed by atoms with Gasteiger partial charge in [0.1, 0.15) is 0 Å². The summed E-state index contributed by atoms with van der Waals surface area (Å²) < 4.78 is 13.1. The molecule has 0 heterocycles. The molecule has 0 spiro atoms. The molecule has 5 nitrogen and oxygen atoms in total. The second kappa shape index (κ2) is 20.6. The van der Waals surface area contributed by atoms with Crippen molar-refractivity contribution in [2.24, 2.45) is 16.5 Å². The van der Waals surface area contributed by atoms with Crippen molar-refractivity contribution in [1.29, 1.82) is 0 Å². The van der Waals surface area contributed by atoms with Crippen molar-refractivity contribution in [2.75, 3.05) is 13.7 Å². The predicted molar refractivity (Wildman–Crippen MR) is 88.5 cm³/mol. The van der Waals surface area contributed by atoms with Crippen molar-refractivity contribution in [1.82, 2.24) is 0 Å². The first-order valence-electron chi connectivity index (χ1n) is 7.64. The van der Waals surface area contributed by atoms with E-state index in [0.717, 1.165) is 13.0 Å². The summed E-state index contributed by atoms with van der Waals surface area (Å²) in [6, 6.07) is 0. The molecule has 120 valence electrons. The number of guanidine groups is 1. The molecule has 0 aromatic carbocycles. The maximum absolute atomic E-state index is 9.10. The van der Waals surface area contributed by atoms with Gasteiger partial charge in [0.25, 0.3) is 0 Å². The van der Waals surface area contributed by atoms with E-state index in [1.807, 2.05) is 0 Å². The Kier molecular flexibility index (Phi) is 22.3. The Hall–Kier alpha value is -0.670. The van der Waals surface area contributed by atoms with Crippen molar-refractivity contribution >= 4 is 14.6 Å². The van der Waals surface area contributed by atoms with E-state index in [2.05, 4.69) is 16.4 Å². The summed E-state index contributed by atoms with van der Waals surface area (Å²) >= 11 is 0. The van der Waals surface area contributed by atoms with Gasteiger partial charge in [0.2, 0.25) is 0 Å². The molecule has 4 N–H and O–H groups in total. The number of nitrogens with two attached hydrogens (primary N) is 2. The summed E-state index contributed by atoms with van der Waals surface area (Å²) in [6.45, 7) is 3.05. The second-order valence-electron chi connectivity index (χ2n) is 4.78. The molecule has 0 aromatic heterocycles. The van der Waals surface area contributed by atoms with Crippen LogP contribution in [0.2, 0.25) is 0 Å². The molecule has 0 aliphatic rings. The third-order valence-corrected chi connectivity index (χ3v) is 3.06. The molecule has 0 aliphatic carbocycles. The van der Waals surface area contributed by atoms with Gasteiger partial charge in [0.15, 0.2) is 5.96 Å². The monoisotopic (exact) mass is 306 g/mol. The summed E-state index contributed by atoms with van der Waals surface area (Å²) in [5.74, 6) is 0.218. The van der Waals surface area contributed by atoms with Crippen LogP contribution in [-0.2, 0) is 9.09 Å². The van der Waals surface area contributed by atoms with Crippen molar-refractivity contribution in [3.8, 4) is 0 Å². The van der Waals surface area contributed by atoms with E-state index in [-0.39, 0.29) is 5.96 Å². The Morgan fingerprint density at radius 3 is 1.70 bits per heavy atom. The van der Waals surface area contributed by atoms with Gasteiger partial charge in [0.05, 0.1) is 7.11 Å². The summed E-state index contributed by atoms with van der Waals surface area (Å²) in [6.07, 6.45) is 13.5. The van der Waals surface area contributed by atoms with Crippen LogP contribution in [-0.4, -0.2) is 19.6 Å². The zero-order valence-corrected chi connectivity index (χ0v) is 14.2. The number of nitrogens with zero attached hydrogens (tertiary/aromatic N) is 1. The Morgan fingerprint density at radius 2 is 1.35 bits per heavy atom. The minimum atomic E-state index is -0.610. The highest BCUT2D eigenvalue weighted by Gasteiger charge is 1.92. The summed E-state index contributed by atoms with van der Waals surface area (Å²) in [5, 5.41) is 0. The molecule has 0 amide bonds. The van der Waals surface area contributed by atoms with Gasteiger partial charge in [-0.3, -0.25) is 4.99 Å². The molecule has 0 rings (SSSR count). The average molecular weight is 306 g/mol. The lowest BCUT2D eigenvalue weighted by Gasteiger charge is -2.01. The van der Waals surface area contributed by atoms with Crippen molar-refractivity contribution in [3.05, 3.63) is 0 Å². The molecule has 1 atom stereocenters. The van der Waals surface area contributed by atoms with Crippen molar-refractivity contribution < 1.29 is 9.09 Å². The van der Waals surface area contributed by atoms with Gasteiger partial charge in [-0.1, -0.05) is 64.7 Å². The van der Waals surface area contributed by atoms with E-state index in [0.29, 0.717) is 0 Å². The maximum Gasteiger partial charge on any atom is 0.493 e. The van der Waals surface area contributed by atoms with Crippen LogP contribution in [0.4, 0.5) is 0 Å². The standard InChI is InChI=1S/C13H29N3.CH4O2P/c1-2-3-4-5-6-7-8-9-10-11-12-16-13(14)15;1-3-4-2/h2-12H2,1H3,(H4,14,15,16);4H,1H3/q;+1. The van der Waals surface area contributed by atoms with E-state index in [1.165, 1.54) is 64.9 Å². The van der Waals surface area contributed by atoms with Crippen LogP contribution in [0.5, 0.6) is 0 Å². The Balaban J connectivity index is 0. The highest BCUT2D eigenvalue weighted by atomic mass is 31.1. The van der Waals surface area contributed by atoms with E-state index < -0.39 is 8.69 Å². The third kappa shape index (κ3) is 26.0. The zero-order chi connectivity index (χ0) is 15.5. The lowest BCUT2D eigenvalue weighted by atomic mass is 10.1. The highest BCUT2D eigenvalue weighted by Crippen LogP contribution is 2.10. The van der Waals surface area contributed by atoms with Crippen LogP contribution < -0.4 is 11.5 Å². The van der Waals surface area contributed by atoms with Crippen LogP contribution in [0.25, 0.3) is 0 Å². The lowest BCUT2D eigenvalue weighted by Crippen LogP contribution is -2.22. The molecule has 0 saturated heterocycles. The smallest absolute Gasteiger partial charge is 0.370 e. The number of unbranched alkanes of at least 4 members (excludes halogenated alkanes) is 9. The van der Waals surface area contributed by atoms with Crippen LogP contribution in [0.15, 0.2) is 4.99 Å². The molecule has 0 saturated carbocycles. The fraction of sp³-hybridized carbons (Fsp3) is 0.929. The molecule has 0 aromatic rings. The van der Waals surface area contributed by atoms with Gasteiger partial charge in [-0.2, -0.15) is 4.52 Å². The van der Waals surface area contributed by atoms with Gasteiger partial charge in [-0.15, -0.1) is 0 Å². The Labute approximate surface area is 125 Å². The maximum atomic E-state index is 9.10. The predicted octanol–water partition coefficient (Wildman–Crippen LogP) is 3.75. The molecule has 0 bridgehead atoms. The lowest BCUT2D eigenvalue weighted by molar-refractivity contribution is 0.433. The molecular formula is C14H33N3O2P+. The first-order chi connectivity index (χ1) is 9.68. The fourth-order valence-corrected chi connectivity index (χ4v) is 1.81. The van der Waals surface area contributed by atoms with Crippen LogP contribution >= 0.6 is 8.69 Å². The topological polar surface area (TPSA) is 90.7 Å². The SMILES string of the molecule is CCCCCCCCCCCCN=C(N)N.CO[PH+]=O. The Bertz CT molecular complexity index is 222. The van der Waals surface area contributed by atoms with E-state index >= 15 is 0 Å². The second-order valence-corrected chi connectivity index (χ2v) is 5.35. The largest absolute Gasteiger partial charge is 0.493 e. The van der Waals surface area contributed by atoms with Gasteiger partial charge in [0, 0.05) is 6.54 Å². The quantitative estimate of drug-likeness (QED) is 0.248. The minimum Gasteiger partial charge on any atom is -0.370 e. The minimum absolute atomic E-state index is 0.218. The van der Waals surface area contributed by atoms with Gasteiger partial charge >= 0.3 is 8.69 Å². The van der Waals surface area contributed by atoms with Gasteiger partial charge < -0.3 is 11.5 Å². The normalized spacial score (nSPS) is 9.90. The first-order valence-corrected chi connectivity index (χ1v) is 8.46. The summed E-state index contributed by atoms with van der Waals surface area (Å²) in [5.41, 5.74) is 10.5. The van der Waals surface area contributed by atoms with Crippen LogP contribution in [0.1, 0.15) is 71.1 Å². The fourth-order valence-electron chi connectivity index (χ4n) is 1.81. The first kappa shape index (κ1) is 21.6. The average Bonchev–Trinajstić information content (AvgIpc) is 2.44. The van der Waals surface area contributed by atoms with E-state index in [4.69, 9.17) is 16.0 Å². The summed E-state index contributed by atoms with van der Waals surface area (Å²) in [7, 11) is 0.771. The molecule has 1 unspecified atom stereocenters. The molecule has 0 fully saturated rings. The van der Waals surface area contributed by atoms with Gasteiger partial charge in [-0.05, 0) is 11.0 Å². The number of hydrogen-bond acceptors (Lipinski definition) is 3. The molecule has 6 heteroatoms.